The van der Waals surface area contributed by atoms with E-state index in [0.717, 1.165) is 10.8 Å². The highest BCUT2D eigenvalue weighted by Gasteiger charge is 2.18. The predicted octanol–water partition coefficient (Wildman–Crippen LogP) is 3.31. The molecule has 0 unspecified atom stereocenters. The van der Waals surface area contributed by atoms with Gasteiger partial charge >= 0.3 is 0 Å². The van der Waals surface area contributed by atoms with Crippen LogP contribution in [0.3, 0.4) is 0 Å². The molecule has 0 saturated heterocycles. The van der Waals surface area contributed by atoms with E-state index in [9.17, 15) is 0 Å². The van der Waals surface area contributed by atoms with Gasteiger partial charge in [-0.1, -0.05) is 24.5 Å². The van der Waals surface area contributed by atoms with E-state index < -0.39 is 0 Å². The van der Waals surface area contributed by atoms with Gasteiger partial charge in [0.1, 0.15) is 5.84 Å². The molecule has 0 spiro atoms. The Bertz CT molecular complexity index is 395. The Kier molecular flexibility index (Phi) is 3.54. The lowest BCUT2D eigenvalue weighted by molar-refractivity contribution is 0.886. The smallest absolute Gasteiger partial charge is 0.123 e. The van der Waals surface area contributed by atoms with Gasteiger partial charge < -0.3 is 5.73 Å². The van der Waals surface area contributed by atoms with Crippen LogP contribution >= 0.6 is 11.8 Å². The van der Waals surface area contributed by atoms with Crippen LogP contribution in [0.1, 0.15) is 36.8 Å². The molecule has 86 valence electrons. The number of nitrogen functional groups attached to an aromatic ring is 1. The highest BCUT2D eigenvalue weighted by Crippen LogP contribution is 2.36. The first-order valence-corrected chi connectivity index (χ1v) is 6.66. The second-order valence-corrected chi connectivity index (χ2v) is 5.78. The van der Waals surface area contributed by atoms with Crippen molar-refractivity contribution in [3.05, 3.63) is 29.3 Å². The summed E-state index contributed by atoms with van der Waals surface area (Å²) in [6.07, 6.45) is 5.30. The first-order valence-electron chi connectivity index (χ1n) is 5.78. The number of hydrogen-bond donors (Lipinski definition) is 2. The normalized spacial score (nSPS) is 16.6. The van der Waals surface area contributed by atoms with Gasteiger partial charge in [-0.15, -0.1) is 11.8 Å². The second kappa shape index (κ2) is 4.91. The fourth-order valence-corrected chi connectivity index (χ4v) is 3.51. The fourth-order valence-electron chi connectivity index (χ4n) is 2.14. The number of amidine groups is 1. The first-order chi connectivity index (χ1) is 7.66. The number of nitrogens with two attached hydrogens (primary N) is 1. The Balaban J connectivity index is 2.21. The lowest BCUT2D eigenvalue weighted by Gasteiger charge is -2.13. The summed E-state index contributed by atoms with van der Waals surface area (Å²) in [5, 5.41) is 8.33. The number of nitrogens with one attached hydrogen (secondary N) is 1. The lowest BCUT2D eigenvalue weighted by Crippen LogP contribution is -2.13. The third-order valence-corrected chi connectivity index (χ3v) is 4.44. The van der Waals surface area contributed by atoms with Crippen molar-refractivity contribution >= 4 is 17.6 Å². The Morgan fingerprint density at radius 1 is 1.38 bits per heavy atom. The number of hydrogen-bond acceptors (Lipinski definition) is 2. The van der Waals surface area contributed by atoms with Gasteiger partial charge in [0.05, 0.1) is 0 Å². The maximum atomic E-state index is 7.61. The summed E-state index contributed by atoms with van der Waals surface area (Å²) in [5.74, 6) is 0.184. The summed E-state index contributed by atoms with van der Waals surface area (Å²) in [4.78, 5) is 1.17. The molecular weight excluding hydrogens is 216 g/mol. The van der Waals surface area contributed by atoms with Crippen LogP contribution < -0.4 is 5.73 Å². The zero-order valence-corrected chi connectivity index (χ0v) is 10.4. The standard InChI is InChI=1S/C13H18N2S/c1-9-6-7-12(11(8-9)13(14)15)16-10-4-2-3-5-10/h6-8,10H,2-5H2,1H3,(H3,14,15). The van der Waals surface area contributed by atoms with Crippen molar-refractivity contribution in [1.82, 2.24) is 0 Å². The molecular formula is C13H18N2S. The van der Waals surface area contributed by atoms with Crippen molar-refractivity contribution in [3.63, 3.8) is 0 Å². The number of thioether (sulfide) groups is 1. The number of rotatable bonds is 3. The number of aryl methyl sites for hydroxylation is 1. The Labute approximate surface area is 101 Å². The van der Waals surface area contributed by atoms with Crippen molar-refractivity contribution in [2.24, 2.45) is 5.73 Å². The Morgan fingerprint density at radius 3 is 2.69 bits per heavy atom. The monoisotopic (exact) mass is 234 g/mol. The highest BCUT2D eigenvalue weighted by molar-refractivity contribution is 8.00. The van der Waals surface area contributed by atoms with Gasteiger partial charge in [0.15, 0.2) is 0 Å². The van der Waals surface area contributed by atoms with Crippen LogP contribution in [0.15, 0.2) is 23.1 Å². The SMILES string of the molecule is Cc1ccc(SC2CCCC2)c(C(=N)N)c1. The molecule has 0 aliphatic heterocycles. The molecule has 3 heteroatoms. The van der Waals surface area contributed by atoms with Gasteiger partial charge in [-0.25, -0.2) is 0 Å². The van der Waals surface area contributed by atoms with E-state index in [1.165, 1.54) is 36.1 Å². The molecule has 0 bridgehead atoms. The van der Waals surface area contributed by atoms with Crippen LogP contribution in [-0.2, 0) is 0 Å². The van der Waals surface area contributed by atoms with Gasteiger partial charge in [0.25, 0.3) is 0 Å². The minimum absolute atomic E-state index is 0.184. The molecule has 2 rings (SSSR count). The van der Waals surface area contributed by atoms with Crippen molar-refractivity contribution in [1.29, 1.82) is 5.41 Å². The zero-order valence-electron chi connectivity index (χ0n) is 9.62. The molecule has 0 atom stereocenters. The van der Waals surface area contributed by atoms with Gasteiger partial charge in [-0.2, -0.15) is 0 Å². The van der Waals surface area contributed by atoms with Crippen LogP contribution in [0.25, 0.3) is 0 Å². The Hall–Kier alpha value is -0.960. The molecule has 1 saturated carbocycles. The minimum Gasteiger partial charge on any atom is -0.384 e. The largest absolute Gasteiger partial charge is 0.384 e. The molecule has 1 aromatic rings. The molecule has 1 fully saturated rings. The summed E-state index contributed by atoms with van der Waals surface area (Å²) in [6, 6.07) is 6.22. The zero-order chi connectivity index (χ0) is 11.5. The molecule has 16 heavy (non-hydrogen) atoms. The lowest BCUT2D eigenvalue weighted by atomic mass is 10.1. The molecule has 1 aromatic carbocycles. The van der Waals surface area contributed by atoms with Gasteiger partial charge in [0.2, 0.25) is 0 Å². The fraction of sp³-hybridized carbons (Fsp3) is 0.462. The van der Waals surface area contributed by atoms with Crippen LogP contribution in [0.5, 0.6) is 0 Å². The summed E-state index contributed by atoms with van der Waals surface area (Å²) in [7, 11) is 0. The third kappa shape index (κ3) is 2.59. The highest BCUT2D eigenvalue weighted by atomic mass is 32.2. The number of benzene rings is 1. The quantitative estimate of drug-likeness (QED) is 0.622. The van der Waals surface area contributed by atoms with E-state index in [1.807, 2.05) is 24.8 Å². The molecule has 1 aliphatic carbocycles. The molecule has 0 radical (unpaired) electrons. The first kappa shape index (κ1) is 11.5. The van der Waals surface area contributed by atoms with Crippen LogP contribution in [0.2, 0.25) is 0 Å². The summed E-state index contributed by atoms with van der Waals surface area (Å²) in [5.41, 5.74) is 7.70. The van der Waals surface area contributed by atoms with E-state index in [1.54, 1.807) is 0 Å². The van der Waals surface area contributed by atoms with Crippen molar-refractivity contribution in [3.8, 4) is 0 Å². The molecule has 1 aliphatic rings. The maximum absolute atomic E-state index is 7.61. The van der Waals surface area contributed by atoms with Crippen LogP contribution in [0, 0.1) is 12.3 Å². The summed E-state index contributed by atoms with van der Waals surface area (Å²) >= 11 is 1.89. The predicted molar refractivity (Wildman–Crippen MR) is 70.3 cm³/mol. The van der Waals surface area contributed by atoms with Gasteiger partial charge in [0, 0.05) is 15.7 Å². The van der Waals surface area contributed by atoms with Crippen molar-refractivity contribution in [2.45, 2.75) is 42.8 Å². The van der Waals surface area contributed by atoms with Crippen molar-refractivity contribution < 1.29 is 0 Å². The summed E-state index contributed by atoms with van der Waals surface area (Å²) < 4.78 is 0. The average Bonchev–Trinajstić information content (AvgIpc) is 2.73. The van der Waals surface area contributed by atoms with Gasteiger partial charge in [-0.3, -0.25) is 5.41 Å². The van der Waals surface area contributed by atoms with Gasteiger partial charge in [-0.05, 0) is 31.9 Å². The average molecular weight is 234 g/mol. The van der Waals surface area contributed by atoms with E-state index in [2.05, 4.69) is 12.1 Å². The van der Waals surface area contributed by atoms with E-state index in [4.69, 9.17) is 11.1 Å². The Morgan fingerprint density at radius 2 is 2.06 bits per heavy atom. The molecule has 3 N–H and O–H groups in total. The minimum atomic E-state index is 0.184. The van der Waals surface area contributed by atoms with Crippen LogP contribution in [-0.4, -0.2) is 11.1 Å². The molecule has 0 amide bonds. The molecule has 0 heterocycles. The van der Waals surface area contributed by atoms with E-state index >= 15 is 0 Å². The second-order valence-electron chi connectivity index (χ2n) is 4.44. The third-order valence-electron chi connectivity index (χ3n) is 3.02. The van der Waals surface area contributed by atoms with E-state index in [-0.39, 0.29) is 5.84 Å². The van der Waals surface area contributed by atoms with E-state index in [0.29, 0.717) is 0 Å². The topological polar surface area (TPSA) is 49.9 Å². The maximum Gasteiger partial charge on any atom is 0.123 e. The van der Waals surface area contributed by atoms with Crippen molar-refractivity contribution in [2.75, 3.05) is 0 Å². The summed E-state index contributed by atoms with van der Waals surface area (Å²) in [6.45, 7) is 2.04. The molecule has 0 aromatic heterocycles. The van der Waals surface area contributed by atoms with Crippen LogP contribution in [0.4, 0.5) is 0 Å². The molecule has 2 nitrogen and oxygen atoms in total.